The summed E-state index contributed by atoms with van der Waals surface area (Å²) in [6, 6.07) is 0. The van der Waals surface area contributed by atoms with Crippen molar-refractivity contribution in [2.24, 2.45) is 29.6 Å². The van der Waals surface area contributed by atoms with Gasteiger partial charge in [0.1, 0.15) is 0 Å². The maximum atomic E-state index is 2.80. The van der Waals surface area contributed by atoms with Crippen molar-refractivity contribution in [3.63, 3.8) is 0 Å². The Morgan fingerprint density at radius 2 is 1.11 bits per heavy atom. The van der Waals surface area contributed by atoms with Gasteiger partial charge >= 0.3 is 0 Å². The molecule has 4 heterocycles. The van der Waals surface area contributed by atoms with Crippen molar-refractivity contribution >= 4 is 0 Å². The molecule has 5 fully saturated rings. The Hall–Kier alpha value is -0.200. The van der Waals surface area contributed by atoms with Gasteiger partial charge in [-0.15, -0.1) is 0 Å². The lowest BCUT2D eigenvalue weighted by Crippen LogP contribution is -2.48. The fraction of sp³-hybridized carbons (Fsp3) is 1.00. The Morgan fingerprint density at radius 1 is 0.500 bits per heavy atom. The first-order valence-electron chi connectivity index (χ1n) is 17.2. The van der Waals surface area contributed by atoms with Crippen molar-refractivity contribution in [1.29, 1.82) is 0 Å². The second kappa shape index (κ2) is 15.1. The molecule has 4 saturated heterocycles. The summed E-state index contributed by atoms with van der Waals surface area (Å²) in [4.78, 5) is 13.4. The van der Waals surface area contributed by atoms with Gasteiger partial charge in [-0.1, -0.05) is 39.0 Å². The van der Waals surface area contributed by atoms with Crippen molar-refractivity contribution in [3.8, 4) is 0 Å². The third kappa shape index (κ3) is 9.16. The lowest BCUT2D eigenvalue weighted by Gasteiger charge is -2.40. The van der Waals surface area contributed by atoms with Crippen LogP contribution in [-0.4, -0.2) is 123 Å². The van der Waals surface area contributed by atoms with E-state index in [0.29, 0.717) is 0 Å². The second-order valence-electron chi connectivity index (χ2n) is 14.6. The summed E-state index contributed by atoms with van der Waals surface area (Å²) < 4.78 is 0. The van der Waals surface area contributed by atoms with E-state index in [-0.39, 0.29) is 0 Å². The van der Waals surface area contributed by atoms with E-state index < -0.39 is 0 Å². The highest BCUT2D eigenvalue weighted by Gasteiger charge is 2.30. The number of unbranched alkanes of at least 4 members (excludes halogenated alkanes) is 2. The molecule has 0 N–H and O–H groups in total. The molecule has 5 heteroatoms. The summed E-state index contributed by atoms with van der Waals surface area (Å²) in [6.07, 6.45) is 17.9. The van der Waals surface area contributed by atoms with Gasteiger partial charge in [-0.2, -0.15) is 0 Å². The minimum absolute atomic E-state index is 0.944. The van der Waals surface area contributed by atoms with E-state index in [1.54, 1.807) is 25.7 Å². The van der Waals surface area contributed by atoms with Gasteiger partial charge < -0.3 is 24.5 Å². The van der Waals surface area contributed by atoms with Crippen LogP contribution in [-0.2, 0) is 0 Å². The van der Waals surface area contributed by atoms with Gasteiger partial charge in [-0.05, 0) is 114 Å². The number of piperidine rings is 2. The molecule has 0 aromatic carbocycles. The highest BCUT2D eigenvalue weighted by molar-refractivity contribution is 4.84. The Bertz CT molecular complexity index is 634. The van der Waals surface area contributed by atoms with E-state index in [1.165, 1.54) is 143 Å². The molecule has 220 valence electrons. The largest absolute Gasteiger partial charge is 0.304 e. The first kappa shape index (κ1) is 29.3. The normalized spacial score (nSPS) is 31.1. The zero-order valence-corrected chi connectivity index (χ0v) is 25.5. The average Bonchev–Trinajstić information content (AvgIpc) is 2.93. The Morgan fingerprint density at radius 3 is 1.74 bits per heavy atom. The molecule has 0 atom stereocenters. The standard InChI is InChI=1S/C33H63N5/c1-29-26-38(27-29)15-5-3-4-6-30-7-9-32(10-8-30)33-13-18-36(19-14-33)25-24-35-16-11-31(12-17-35)28-37-22-20-34(2)21-23-37/h29-33H,3-28H2,1-2H3. The van der Waals surface area contributed by atoms with E-state index in [1.807, 2.05) is 0 Å². The van der Waals surface area contributed by atoms with Crippen LogP contribution in [0.15, 0.2) is 0 Å². The molecule has 0 bridgehead atoms. The van der Waals surface area contributed by atoms with E-state index >= 15 is 0 Å². The number of piperazine rings is 1. The molecule has 0 aromatic heterocycles. The minimum atomic E-state index is 0.944. The molecule has 0 radical (unpaired) electrons. The van der Waals surface area contributed by atoms with Gasteiger partial charge in [0.15, 0.2) is 0 Å². The van der Waals surface area contributed by atoms with E-state index in [4.69, 9.17) is 0 Å². The molecule has 0 aromatic rings. The molecule has 0 unspecified atom stereocenters. The van der Waals surface area contributed by atoms with Gasteiger partial charge in [-0.3, -0.25) is 0 Å². The van der Waals surface area contributed by atoms with Gasteiger partial charge in [0.05, 0.1) is 0 Å². The quantitative estimate of drug-likeness (QED) is 0.331. The zero-order valence-electron chi connectivity index (χ0n) is 25.5. The lowest BCUT2D eigenvalue weighted by atomic mass is 9.72. The smallest absolute Gasteiger partial charge is 0.0110 e. The van der Waals surface area contributed by atoms with Crippen molar-refractivity contribution in [2.75, 3.05) is 98.7 Å². The third-order valence-corrected chi connectivity index (χ3v) is 11.5. The second-order valence-corrected chi connectivity index (χ2v) is 14.6. The number of hydrogen-bond acceptors (Lipinski definition) is 5. The molecule has 0 spiro atoms. The molecule has 5 rings (SSSR count). The van der Waals surface area contributed by atoms with Crippen LogP contribution >= 0.6 is 0 Å². The van der Waals surface area contributed by atoms with Gasteiger partial charge in [0.25, 0.3) is 0 Å². The summed E-state index contributed by atoms with van der Waals surface area (Å²) >= 11 is 0. The summed E-state index contributed by atoms with van der Waals surface area (Å²) in [7, 11) is 2.27. The number of rotatable bonds is 12. The van der Waals surface area contributed by atoms with Crippen LogP contribution in [0, 0.1) is 29.6 Å². The summed E-state index contributed by atoms with van der Waals surface area (Å²) in [6.45, 7) is 21.0. The van der Waals surface area contributed by atoms with Crippen molar-refractivity contribution in [1.82, 2.24) is 24.5 Å². The van der Waals surface area contributed by atoms with Crippen molar-refractivity contribution < 1.29 is 0 Å². The Labute approximate surface area is 236 Å². The fourth-order valence-corrected chi connectivity index (χ4v) is 8.62. The summed E-state index contributed by atoms with van der Waals surface area (Å²) in [5.74, 6) is 5.06. The van der Waals surface area contributed by atoms with E-state index in [2.05, 4.69) is 38.5 Å². The first-order valence-corrected chi connectivity index (χ1v) is 17.2. The topological polar surface area (TPSA) is 16.2 Å². The molecular formula is C33H63N5. The van der Waals surface area contributed by atoms with Crippen LogP contribution in [0.3, 0.4) is 0 Å². The number of nitrogens with zero attached hydrogens (tertiary/aromatic N) is 5. The van der Waals surface area contributed by atoms with Crippen LogP contribution in [0.5, 0.6) is 0 Å². The van der Waals surface area contributed by atoms with Gasteiger partial charge in [0.2, 0.25) is 0 Å². The van der Waals surface area contributed by atoms with Crippen LogP contribution < -0.4 is 0 Å². The van der Waals surface area contributed by atoms with Crippen molar-refractivity contribution in [2.45, 2.75) is 84.0 Å². The number of hydrogen-bond donors (Lipinski definition) is 0. The molecule has 1 aliphatic carbocycles. The van der Waals surface area contributed by atoms with Gasteiger partial charge in [0, 0.05) is 58.9 Å². The van der Waals surface area contributed by atoms with Crippen LogP contribution in [0.4, 0.5) is 0 Å². The predicted octanol–water partition coefficient (Wildman–Crippen LogP) is 4.98. The monoisotopic (exact) mass is 530 g/mol. The van der Waals surface area contributed by atoms with Crippen LogP contribution in [0.2, 0.25) is 0 Å². The minimum Gasteiger partial charge on any atom is -0.304 e. The highest BCUT2D eigenvalue weighted by atomic mass is 15.2. The zero-order chi connectivity index (χ0) is 26.2. The SMILES string of the molecule is CC1CN(CCCCCC2CCC(C3CCN(CCN4CCC(CN5CCN(C)CC5)CC4)CC3)CC2)C1. The first-order chi connectivity index (χ1) is 18.6. The third-order valence-electron chi connectivity index (χ3n) is 11.5. The Kier molecular flexibility index (Phi) is 11.7. The van der Waals surface area contributed by atoms with Crippen molar-refractivity contribution in [3.05, 3.63) is 0 Å². The maximum Gasteiger partial charge on any atom is 0.0110 e. The Balaban J connectivity index is 0.866. The highest BCUT2D eigenvalue weighted by Crippen LogP contribution is 2.39. The average molecular weight is 530 g/mol. The van der Waals surface area contributed by atoms with Crippen LogP contribution in [0.25, 0.3) is 0 Å². The maximum absolute atomic E-state index is 2.80. The molecule has 4 aliphatic heterocycles. The molecule has 5 aliphatic rings. The van der Waals surface area contributed by atoms with Crippen LogP contribution in [0.1, 0.15) is 84.0 Å². The summed E-state index contributed by atoms with van der Waals surface area (Å²) in [5, 5.41) is 0. The predicted molar refractivity (Wildman–Crippen MR) is 162 cm³/mol. The van der Waals surface area contributed by atoms with Gasteiger partial charge in [-0.25, -0.2) is 0 Å². The fourth-order valence-electron chi connectivity index (χ4n) is 8.62. The number of likely N-dealkylation sites (tertiary alicyclic amines) is 3. The molecular weight excluding hydrogens is 466 g/mol. The lowest BCUT2D eigenvalue weighted by molar-refractivity contribution is 0.0865. The molecule has 38 heavy (non-hydrogen) atoms. The van der Waals surface area contributed by atoms with E-state index in [9.17, 15) is 0 Å². The summed E-state index contributed by atoms with van der Waals surface area (Å²) in [5.41, 5.74) is 0. The molecule has 1 saturated carbocycles. The molecule has 5 nitrogen and oxygen atoms in total. The van der Waals surface area contributed by atoms with E-state index in [0.717, 1.165) is 29.6 Å². The number of likely N-dealkylation sites (N-methyl/N-ethyl adjacent to an activating group) is 1. The molecule has 0 amide bonds.